The maximum Gasteiger partial charge on any atom is 0.154 e. The van der Waals surface area contributed by atoms with Crippen molar-refractivity contribution in [3.8, 4) is 16.9 Å². The van der Waals surface area contributed by atoms with Gasteiger partial charge in [0.05, 0.1) is 5.70 Å². The lowest BCUT2D eigenvalue weighted by molar-refractivity contribution is 0.166. The Hall–Kier alpha value is -5.80. The molecule has 0 bridgehead atoms. The summed E-state index contributed by atoms with van der Waals surface area (Å²) in [6.45, 7) is 2.25. The van der Waals surface area contributed by atoms with Crippen LogP contribution in [0.2, 0.25) is 0 Å². The van der Waals surface area contributed by atoms with Crippen LogP contribution in [0.4, 0.5) is 11.4 Å². The number of nitrogens with zero attached hydrogens (tertiary/aromatic N) is 1. The fourth-order valence-corrected chi connectivity index (χ4v) is 8.64. The fourth-order valence-electron chi connectivity index (χ4n) is 8.64. The Kier molecular flexibility index (Phi) is 6.64. The Labute approximate surface area is 292 Å². The molecule has 2 heterocycles. The molecule has 0 amide bonds. The SMILES string of the molecule is CC12Oc3ccccc3C1C=CC=C2c1ccc(N(C2=c3oc4c(c3=CCC2)C=CCC4)c2ccc3ccccc3c2)cc1-c1ccccc1. The van der Waals surface area contributed by atoms with E-state index in [0.29, 0.717) is 0 Å². The van der Waals surface area contributed by atoms with Crippen LogP contribution in [0.15, 0.2) is 144 Å². The summed E-state index contributed by atoms with van der Waals surface area (Å²) >= 11 is 0. The van der Waals surface area contributed by atoms with Crippen LogP contribution in [0, 0.1) is 0 Å². The average molecular weight is 648 g/mol. The summed E-state index contributed by atoms with van der Waals surface area (Å²) in [5, 5.41) is 3.69. The highest BCUT2D eigenvalue weighted by Crippen LogP contribution is 2.54. The molecule has 0 saturated heterocycles. The van der Waals surface area contributed by atoms with Crippen LogP contribution in [0.3, 0.4) is 0 Å². The van der Waals surface area contributed by atoms with E-state index in [4.69, 9.17) is 9.15 Å². The first-order valence-corrected chi connectivity index (χ1v) is 17.8. The topological polar surface area (TPSA) is 25.6 Å². The predicted octanol–water partition coefficient (Wildman–Crippen LogP) is 10.5. The number of benzene rings is 5. The van der Waals surface area contributed by atoms with Gasteiger partial charge in [0.2, 0.25) is 0 Å². The van der Waals surface area contributed by atoms with Crippen molar-refractivity contribution in [1.29, 1.82) is 0 Å². The lowest BCUT2D eigenvalue weighted by Crippen LogP contribution is -2.36. The lowest BCUT2D eigenvalue weighted by atomic mass is 9.73. The number of rotatable bonds is 5. The van der Waals surface area contributed by atoms with Crippen LogP contribution in [0.5, 0.6) is 5.75 Å². The monoisotopic (exact) mass is 647 g/mol. The zero-order valence-electron chi connectivity index (χ0n) is 28.1. The Bertz CT molecular complexity index is 2550. The first-order valence-electron chi connectivity index (χ1n) is 17.8. The summed E-state index contributed by atoms with van der Waals surface area (Å²) in [5.74, 6) is 2.21. The molecule has 5 aromatic carbocycles. The van der Waals surface area contributed by atoms with Crippen molar-refractivity contribution in [2.24, 2.45) is 0 Å². The van der Waals surface area contributed by atoms with Crippen molar-refractivity contribution in [3.05, 3.63) is 173 Å². The molecule has 2 unspecified atom stereocenters. The van der Waals surface area contributed by atoms with Crippen molar-refractivity contribution in [1.82, 2.24) is 0 Å². The van der Waals surface area contributed by atoms with Crippen molar-refractivity contribution in [2.45, 2.75) is 44.1 Å². The second-order valence-corrected chi connectivity index (χ2v) is 14.0. The molecule has 0 fully saturated rings. The van der Waals surface area contributed by atoms with E-state index in [1.54, 1.807) is 0 Å². The molecule has 0 N–H and O–H groups in total. The molecule has 3 heteroatoms. The van der Waals surface area contributed by atoms with Gasteiger partial charge in [-0.25, -0.2) is 0 Å². The maximum atomic E-state index is 6.86. The van der Waals surface area contributed by atoms with E-state index in [-0.39, 0.29) is 5.92 Å². The molecule has 2 atom stereocenters. The van der Waals surface area contributed by atoms with E-state index < -0.39 is 5.60 Å². The van der Waals surface area contributed by atoms with Crippen LogP contribution >= 0.6 is 0 Å². The highest BCUT2D eigenvalue weighted by atomic mass is 16.5. The van der Waals surface area contributed by atoms with Gasteiger partial charge < -0.3 is 14.1 Å². The standard InChI is InChI=1S/C47H37NO2/c1-47-41(20-12-21-42(47)39-18-8-10-24-45(39)50-47)36-28-27-35(30-40(36)32-14-3-2-4-15-32)48(34-26-25-31-13-5-6-16-33(31)29-34)43-22-11-19-38-37-17-7-9-23-44(37)49-46(38)43/h2-8,10,12-21,24-30,42H,9,11,22-23H2,1H3. The summed E-state index contributed by atoms with van der Waals surface area (Å²) in [6, 6.07) is 41.7. The summed E-state index contributed by atoms with van der Waals surface area (Å²) in [7, 11) is 0. The molecule has 4 aliphatic rings. The van der Waals surface area contributed by atoms with Crippen LogP contribution in [0.25, 0.3) is 45.3 Å². The van der Waals surface area contributed by atoms with Gasteiger partial charge in [0.25, 0.3) is 0 Å². The van der Waals surface area contributed by atoms with Gasteiger partial charge in [-0.15, -0.1) is 0 Å². The minimum atomic E-state index is -0.523. The van der Waals surface area contributed by atoms with Crippen LogP contribution in [-0.4, -0.2) is 5.60 Å². The number of aryl methyl sites for hydroxylation is 1. The van der Waals surface area contributed by atoms with Crippen LogP contribution < -0.4 is 20.3 Å². The number of hydrogen-bond donors (Lipinski definition) is 0. The van der Waals surface area contributed by atoms with E-state index in [1.807, 2.05) is 0 Å². The molecule has 6 aromatic rings. The van der Waals surface area contributed by atoms with Crippen molar-refractivity contribution >= 4 is 45.6 Å². The molecule has 0 spiro atoms. The van der Waals surface area contributed by atoms with Crippen molar-refractivity contribution in [2.75, 3.05) is 4.90 Å². The summed E-state index contributed by atoms with van der Waals surface area (Å²) in [4.78, 5) is 2.45. The molecule has 0 radical (unpaired) electrons. The number of ether oxygens (including phenoxy) is 1. The summed E-state index contributed by atoms with van der Waals surface area (Å²) < 4.78 is 13.6. The molecule has 3 nitrogen and oxygen atoms in total. The van der Waals surface area contributed by atoms with Crippen molar-refractivity contribution < 1.29 is 9.15 Å². The molecule has 1 aromatic heterocycles. The van der Waals surface area contributed by atoms with E-state index in [0.717, 1.165) is 54.0 Å². The third-order valence-corrected chi connectivity index (χ3v) is 11.0. The summed E-state index contributed by atoms with van der Waals surface area (Å²) in [6.07, 6.45) is 17.5. The molecular weight excluding hydrogens is 611 g/mol. The number of fused-ring (bicyclic) bond motifs is 7. The average Bonchev–Trinajstić information content (AvgIpc) is 3.70. The quantitative estimate of drug-likeness (QED) is 0.186. The molecule has 3 aliphatic carbocycles. The molecule has 0 saturated carbocycles. The molecule has 10 rings (SSSR count). The fraction of sp³-hybridized carbons (Fsp3) is 0.149. The number of allylic oxidation sites excluding steroid dienone is 3. The second kappa shape index (κ2) is 11.4. The Morgan fingerprint density at radius 3 is 2.46 bits per heavy atom. The minimum absolute atomic E-state index is 0.141. The smallest absolute Gasteiger partial charge is 0.154 e. The van der Waals surface area contributed by atoms with Gasteiger partial charge in [0.15, 0.2) is 5.42 Å². The largest absolute Gasteiger partial charge is 0.482 e. The Morgan fingerprint density at radius 2 is 1.54 bits per heavy atom. The highest BCUT2D eigenvalue weighted by Gasteiger charge is 2.48. The lowest BCUT2D eigenvalue weighted by Gasteiger charge is -2.36. The van der Waals surface area contributed by atoms with Gasteiger partial charge >= 0.3 is 0 Å². The molecule has 50 heavy (non-hydrogen) atoms. The van der Waals surface area contributed by atoms with E-state index in [9.17, 15) is 0 Å². The zero-order valence-corrected chi connectivity index (χ0v) is 28.1. The minimum Gasteiger partial charge on any atom is -0.482 e. The first-order chi connectivity index (χ1) is 24.7. The second-order valence-electron chi connectivity index (χ2n) is 14.0. The van der Waals surface area contributed by atoms with Gasteiger partial charge in [-0.2, -0.15) is 0 Å². The highest BCUT2D eigenvalue weighted by molar-refractivity contribution is 5.94. The van der Waals surface area contributed by atoms with Crippen LogP contribution in [0.1, 0.15) is 54.6 Å². The van der Waals surface area contributed by atoms with Gasteiger partial charge in [-0.1, -0.05) is 121 Å². The molecular formula is C47H37NO2. The third-order valence-electron chi connectivity index (χ3n) is 11.0. The van der Waals surface area contributed by atoms with Gasteiger partial charge in [-0.3, -0.25) is 0 Å². The number of anilines is 2. The predicted molar refractivity (Wildman–Crippen MR) is 206 cm³/mol. The number of hydrogen-bond acceptors (Lipinski definition) is 3. The third kappa shape index (κ3) is 4.50. The van der Waals surface area contributed by atoms with Crippen LogP contribution in [-0.2, 0) is 6.42 Å². The normalized spacial score (nSPS) is 19.9. The Morgan fingerprint density at radius 1 is 0.740 bits per heavy atom. The zero-order chi connectivity index (χ0) is 33.2. The molecule has 1 aliphatic heterocycles. The van der Waals surface area contributed by atoms with E-state index >= 15 is 0 Å². The molecule has 242 valence electrons. The maximum absolute atomic E-state index is 6.86. The van der Waals surface area contributed by atoms with Gasteiger partial charge in [-0.05, 0) is 84.0 Å². The Balaban J connectivity index is 1.20. The number of para-hydroxylation sites is 1. The van der Waals surface area contributed by atoms with E-state index in [1.165, 1.54) is 55.1 Å². The van der Waals surface area contributed by atoms with Gasteiger partial charge in [0, 0.05) is 45.6 Å². The van der Waals surface area contributed by atoms with Crippen molar-refractivity contribution in [3.63, 3.8) is 0 Å². The van der Waals surface area contributed by atoms with Gasteiger partial charge in [0.1, 0.15) is 17.1 Å². The van der Waals surface area contributed by atoms with E-state index in [2.05, 4.69) is 164 Å². The first kappa shape index (κ1) is 29.1. The summed E-state index contributed by atoms with van der Waals surface area (Å²) in [5.41, 5.74) is 11.1. The number of furan rings is 1.